The van der Waals surface area contributed by atoms with Crippen molar-refractivity contribution in [3.05, 3.63) is 65.6 Å². The number of para-hydroxylation sites is 1. The normalized spacial score (nSPS) is 20.7. The second kappa shape index (κ2) is 4.96. The molecule has 5 heteroatoms. The van der Waals surface area contributed by atoms with Gasteiger partial charge in [-0.3, -0.25) is 15.1 Å². The second-order valence-electron chi connectivity index (χ2n) is 5.54. The van der Waals surface area contributed by atoms with E-state index < -0.39 is 12.0 Å². The van der Waals surface area contributed by atoms with E-state index in [1.165, 1.54) is 0 Å². The molecule has 110 valence electrons. The van der Waals surface area contributed by atoms with E-state index >= 15 is 0 Å². The van der Waals surface area contributed by atoms with E-state index in [2.05, 4.69) is 15.3 Å². The number of fused-ring (bicyclic) bond motifs is 3. The highest BCUT2D eigenvalue weighted by Gasteiger charge is 2.33. The molecule has 0 aliphatic carbocycles. The lowest BCUT2D eigenvalue weighted by Crippen LogP contribution is -2.44. The van der Waals surface area contributed by atoms with Crippen LogP contribution in [-0.2, 0) is 11.2 Å². The van der Waals surface area contributed by atoms with E-state index in [0.717, 1.165) is 27.7 Å². The lowest BCUT2D eigenvalue weighted by molar-refractivity contribution is -0.139. The average molecular weight is 293 g/mol. The van der Waals surface area contributed by atoms with Crippen LogP contribution >= 0.6 is 0 Å². The zero-order valence-electron chi connectivity index (χ0n) is 11.8. The van der Waals surface area contributed by atoms with Crippen LogP contribution in [0.3, 0.4) is 0 Å². The van der Waals surface area contributed by atoms with Crippen molar-refractivity contribution in [1.29, 1.82) is 0 Å². The number of carbonyl (C=O) groups is 1. The summed E-state index contributed by atoms with van der Waals surface area (Å²) in [5.41, 5.74) is 4.18. The molecule has 2 aromatic heterocycles. The molecule has 22 heavy (non-hydrogen) atoms. The van der Waals surface area contributed by atoms with E-state index in [4.69, 9.17) is 0 Å². The van der Waals surface area contributed by atoms with Gasteiger partial charge in [0.1, 0.15) is 6.04 Å². The number of H-pyrrole nitrogens is 1. The van der Waals surface area contributed by atoms with Crippen LogP contribution in [0.5, 0.6) is 0 Å². The first kappa shape index (κ1) is 13.0. The minimum absolute atomic E-state index is 0.166. The van der Waals surface area contributed by atoms with Gasteiger partial charge in [-0.1, -0.05) is 18.2 Å². The third-order valence-corrected chi connectivity index (χ3v) is 4.25. The highest BCUT2D eigenvalue weighted by Crippen LogP contribution is 2.34. The number of aromatic nitrogens is 2. The van der Waals surface area contributed by atoms with Crippen LogP contribution in [-0.4, -0.2) is 27.1 Å². The molecule has 0 bridgehead atoms. The molecule has 0 saturated carbocycles. The van der Waals surface area contributed by atoms with Gasteiger partial charge in [0.05, 0.1) is 6.04 Å². The highest BCUT2D eigenvalue weighted by atomic mass is 16.4. The average Bonchev–Trinajstić information content (AvgIpc) is 2.93. The van der Waals surface area contributed by atoms with Crippen LogP contribution in [0.25, 0.3) is 10.9 Å². The molecule has 0 amide bonds. The maximum absolute atomic E-state index is 11.5. The van der Waals surface area contributed by atoms with Crippen LogP contribution in [0.15, 0.2) is 48.8 Å². The highest BCUT2D eigenvalue weighted by molar-refractivity contribution is 5.87. The van der Waals surface area contributed by atoms with E-state index in [9.17, 15) is 9.90 Å². The molecule has 1 aromatic carbocycles. The van der Waals surface area contributed by atoms with Gasteiger partial charge >= 0.3 is 5.97 Å². The fourth-order valence-corrected chi connectivity index (χ4v) is 3.21. The third kappa shape index (κ3) is 1.98. The fourth-order valence-electron chi connectivity index (χ4n) is 3.21. The molecular formula is C17H15N3O2. The Balaban J connectivity index is 1.91. The number of aliphatic carboxylic acids is 1. The maximum atomic E-state index is 11.5. The number of aromatic amines is 1. The van der Waals surface area contributed by atoms with Crippen molar-refractivity contribution in [2.24, 2.45) is 0 Å². The molecule has 3 aromatic rings. The van der Waals surface area contributed by atoms with Crippen LogP contribution in [0.4, 0.5) is 0 Å². The molecule has 2 unspecified atom stereocenters. The number of nitrogens with zero attached hydrogens (tertiary/aromatic N) is 1. The van der Waals surface area contributed by atoms with Crippen LogP contribution in [0.1, 0.15) is 22.9 Å². The topological polar surface area (TPSA) is 78.0 Å². The number of benzene rings is 1. The fraction of sp³-hybridized carbons (Fsp3) is 0.176. The van der Waals surface area contributed by atoms with E-state index in [1.807, 2.05) is 36.4 Å². The van der Waals surface area contributed by atoms with Crippen molar-refractivity contribution in [3.63, 3.8) is 0 Å². The summed E-state index contributed by atoms with van der Waals surface area (Å²) in [7, 11) is 0. The number of hydrogen-bond donors (Lipinski definition) is 3. The number of carboxylic acid groups (broad SMARTS) is 1. The van der Waals surface area contributed by atoms with Crippen molar-refractivity contribution >= 4 is 16.9 Å². The molecular weight excluding hydrogens is 278 g/mol. The van der Waals surface area contributed by atoms with Gasteiger partial charge < -0.3 is 10.1 Å². The second-order valence-corrected chi connectivity index (χ2v) is 5.54. The summed E-state index contributed by atoms with van der Waals surface area (Å²) >= 11 is 0. The zero-order valence-corrected chi connectivity index (χ0v) is 11.8. The minimum Gasteiger partial charge on any atom is -0.480 e. The van der Waals surface area contributed by atoms with E-state index in [0.29, 0.717) is 6.42 Å². The number of carboxylic acids is 1. The molecule has 0 fully saturated rings. The van der Waals surface area contributed by atoms with Gasteiger partial charge in [-0.05, 0) is 29.3 Å². The van der Waals surface area contributed by atoms with Crippen molar-refractivity contribution in [3.8, 4) is 0 Å². The predicted octanol–water partition coefficient (Wildman–Crippen LogP) is 2.25. The van der Waals surface area contributed by atoms with Crippen LogP contribution in [0.2, 0.25) is 0 Å². The summed E-state index contributed by atoms with van der Waals surface area (Å²) < 4.78 is 0. The van der Waals surface area contributed by atoms with Crippen LogP contribution in [0, 0.1) is 0 Å². The summed E-state index contributed by atoms with van der Waals surface area (Å²) in [6.45, 7) is 0. The largest absolute Gasteiger partial charge is 0.480 e. The molecule has 3 heterocycles. The summed E-state index contributed by atoms with van der Waals surface area (Å²) in [4.78, 5) is 19.0. The lowest BCUT2D eigenvalue weighted by Gasteiger charge is -2.29. The molecule has 2 atom stereocenters. The summed E-state index contributed by atoms with van der Waals surface area (Å²) in [6.07, 6.45) is 3.93. The molecule has 1 aliphatic rings. The smallest absolute Gasteiger partial charge is 0.321 e. The Bertz CT molecular complexity index is 841. The molecule has 0 radical (unpaired) electrons. The molecule has 0 saturated heterocycles. The van der Waals surface area contributed by atoms with Gasteiger partial charge in [0.2, 0.25) is 0 Å². The van der Waals surface area contributed by atoms with Gasteiger partial charge in [0, 0.05) is 35.4 Å². The summed E-state index contributed by atoms with van der Waals surface area (Å²) in [6, 6.07) is 11.1. The van der Waals surface area contributed by atoms with Crippen LogP contribution < -0.4 is 5.32 Å². The predicted molar refractivity (Wildman–Crippen MR) is 82.6 cm³/mol. The Morgan fingerprint density at radius 3 is 2.73 bits per heavy atom. The van der Waals surface area contributed by atoms with Crippen molar-refractivity contribution in [2.75, 3.05) is 0 Å². The quantitative estimate of drug-likeness (QED) is 0.677. The first-order valence-corrected chi connectivity index (χ1v) is 7.22. The molecule has 4 rings (SSSR count). The molecule has 1 aliphatic heterocycles. The van der Waals surface area contributed by atoms with Crippen molar-refractivity contribution in [1.82, 2.24) is 15.3 Å². The van der Waals surface area contributed by atoms with Gasteiger partial charge in [0.15, 0.2) is 0 Å². The van der Waals surface area contributed by atoms with Gasteiger partial charge in [0.25, 0.3) is 0 Å². The monoisotopic (exact) mass is 293 g/mol. The summed E-state index contributed by atoms with van der Waals surface area (Å²) in [5.74, 6) is -0.824. The zero-order chi connectivity index (χ0) is 15.1. The lowest BCUT2D eigenvalue weighted by atomic mass is 9.91. The van der Waals surface area contributed by atoms with Gasteiger partial charge in [-0.2, -0.15) is 0 Å². The number of pyridine rings is 1. The van der Waals surface area contributed by atoms with E-state index in [-0.39, 0.29) is 6.04 Å². The van der Waals surface area contributed by atoms with Crippen molar-refractivity contribution < 1.29 is 9.90 Å². The molecule has 3 N–H and O–H groups in total. The standard InChI is InChI=1S/C17H15N3O2/c21-17(22)14-9-12-11-3-1-2-4-13(11)19-16(12)15(20-14)10-5-7-18-8-6-10/h1-8,14-15,19-20H,9H2,(H,21,22). The first-order valence-electron chi connectivity index (χ1n) is 7.22. The minimum atomic E-state index is -0.824. The Morgan fingerprint density at radius 1 is 1.18 bits per heavy atom. The molecule has 0 spiro atoms. The number of hydrogen-bond acceptors (Lipinski definition) is 3. The molecule has 5 nitrogen and oxygen atoms in total. The number of nitrogens with one attached hydrogen (secondary N) is 2. The Labute approximate surface area is 127 Å². The maximum Gasteiger partial charge on any atom is 0.321 e. The SMILES string of the molecule is O=C(O)C1Cc2c([nH]c3ccccc23)C(c2ccncc2)N1. The van der Waals surface area contributed by atoms with E-state index in [1.54, 1.807) is 12.4 Å². The number of rotatable bonds is 2. The van der Waals surface area contributed by atoms with Gasteiger partial charge in [-0.25, -0.2) is 0 Å². The Morgan fingerprint density at radius 2 is 1.95 bits per heavy atom. The summed E-state index contributed by atoms with van der Waals surface area (Å²) in [5, 5.41) is 13.8. The third-order valence-electron chi connectivity index (χ3n) is 4.25. The Hall–Kier alpha value is -2.66. The first-order chi connectivity index (χ1) is 10.7. The van der Waals surface area contributed by atoms with Gasteiger partial charge in [-0.15, -0.1) is 0 Å². The Kier molecular flexibility index (Phi) is 2.94. The van der Waals surface area contributed by atoms with Crippen molar-refractivity contribution in [2.45, 2.75) is 18.5 Å².